The van der Waals surface area contributed by atoms with Gasteiger partial charge < -0.3 is 5.32 Å². The molecule has 0 saturated carbocycles. The molecule has 174 valence electrons. The van der Waals surface area contributed by atoms with Crippen molar-refractivity contribution < 1.29 is 8.42 Å². The summed E-state index contributed by atoms with van der Waals surface area (Å²) in [4.78, 5) is 12.9. The molecule has 33 heavy (non-hydrogen) atoms. The van der Waals surface area contributed by atoms with Crippen molar-refractivity contribution in [3.8, 4) is 0 Å². The normalized spacial score (nSPS) is 12.2. The van der Waals surface area contributed by atoms with Crippen LogP contribution in [0.2, 0.25) is 5.02 Å². The molecule has 2 aromatic carbocycles. The van der Waals surface area contributed by atoms with E-state index in [0.29, 0.717) is 47.8 Å². The zero-order valence-electron chi connectivity index (χ0n) is 18.6. The largest absolute Gasteiger partial charge is 0.378 e. The zero-order chi connectivity index (χ0) is 23.8. The van der Waals surface area contributed by atoms with Crippen LogP contribution in [0.5, 0.6) is 0 Å². The van der Waals surface area contributed by atoms with Crippen LogP contribution < -0.4 is 10.9 Å². The maximum absolute atomic E-state index is 13.0. The Morgan fingerprint density at radius 2 is 1.79 bits per heavy atom. The van der Waals surface area contributed by atoms with E-state index in [1.807, 2.05) is 29.5 Å². The number of hydrogen-bond acceptors (Lipinski definition) is 6. The van der Waals surface area contributed by atoms with Gasteiger partial charge in [0.05, 0.1) is 22.5 Å². The number of fused-ring (bicyclic) bond motifs is 3. The average molecular weight is 489 g/mol. The minimum Gasteiger partial charge on any atom is -0.378 e. The molecule has 0 saturated heterocycles. The summed E-state index contributed by atoms with van der Waals surface area (Å²) in [5.41, 5.74) is 1.18. The van der Waals surface area contributed by atoms with Gasteiger partial charge in [0, 0.05) is 25.3 Å². The molecule has 0 fully saturated rings. The fraction of sp³-hybridized carbons (Fsp3) is 0.318. The lowest BCUT2D eigenvalue weighted by atomic mass is 10.2. The standard InChI is InChI=1S/C22H25ClN6O3S/c1-4-27(5-2)33(31,32)19-13-15(11-12-17(19)23)24-14-20-25-26-22-28(6-3)21(30)16-9-7-8-10-18(16)29(20)22/h7-13,24H,4-6,14H2,1-3H3. The van der Waals surface area contributed by atoms with E-state index in [2.05, 4.69) is 15.5 Å². The van der Waals surface area contributed by atoms with Crippen LogP contribution in [0.15, 0.2) is 52.2 Å². The van der Waals surface area contributed by atoms with E-state index in [1.165, 1.54) is 10.4 Å². The molecule has 11 heteroatoms. The third kappa shape index (κ3) is 3.98. The Morgan fingerprint density at radius 3 is 2.48 bits per heavy atom. The Labute approximate surface area is 196 Å². The molecule has 0 aliphatic carbocycles. The minimum absolute atomic E-state index is 0.0502. The van der Waals surface area contributed by atoms with Gasteiger partial charge in [0.1, 0.15) is 4.90 Å². The Kier molecular flexibility index (Phi) is 6.42. The summed E-state index contributed by atoms with van der Waals surface area (Å²) in [6.45, 7) is 6.88. The van der Waals surface area contributed by atoms with Crippen LogP contribution >= 0.6 is 11.6 Å². The van der Waals surface area contributed by atoms with Crippen LogP contribution in [0.4, 0.5) is 5.69 Å². The molecule has 4 rings (SSSR count). The van der Waals surface area contributed by atoms with Gasteiger partial charge in [-0.2, -0.15) is 4.31 Å². The quantitative estimate of drug-likeness (QED) is 0.408. The molecule has 0 aliphatic heterocycles. The van der Waals surface area contributed by atoms with Crippen molar-refractivity contribution >= 4 is 44.0 Å². The SMILES string of the molecule is CCN(CC)S(=O)(=O)c1cc(NCc2nnc3n(CC)c(=O)c4ccccc4n23)ccc1Cl. The first-order valence-corrected chi connectivity index (χ1v) is 12.5. The molecule has 0 bridgehead atoms. The second-order valence-electron chi connectivity index (χ2n) is 7.41. The van der Waals surface area contributed by atoms with E-state index in [9.17, 15) is 13.2 Å². The molecule has 0 spiro atoms. The monoisotopic (exact) mass is 488 g/mol. The highest BCUT2D eigenvalue weighted by molar-refractivity contribution is 7.89. The molecule has 2 heterocycles. The third-order valence-electron chi connectivity index (χ3n) is 5.60. The summed E-state index contributed by atoms with van der Waals surface area (Å²) in [6.07, 6.45) is 0. The second kappa shape index (κ2) is 9.12. The van der Waals surface area contributed by atoms with E-state index >= 15 is 0 Å². The summed E-state index contributed by atoms with van der Waals surface area (Å²) in [6, 6.07) is 12.1. The molecule has 0 unspecified atom stereocenters. The number of anilines is 1. The van der Waals surface area contributed by atoms with Crippen LogP contribution in [-0.2, 0) is 23.1 Å². The zero-order valence-corrected chi connectivity index (χ0v) is 20.2. The maximum atomic E-state index is 13.0. The molecule has 1 N–H and O–H groups in total. The van der Waals surface area contributed by atoms with Gasteiger partial charge in [-0.1, -0.05) is 37.6 Å². The van der Waals surface area contributed by atoms with Crippen molar-refractivity contribution in [3.05, 3.63) is 63.7 Å². The van der Waals surface area contributed by atoms with Crippen molar-refractivity contribution in [1.82, 2.24) is 23.5 Å². The number of nitrogens with one attached hydrogen (secondary N) is 1. The summed E-state index contributed by atoms with van der Waals surface area (Å²) in [5, 5.41) is 12.5. The van der Waals surface area contributed by atoms with Gasteiger partial charge in [0.2, 0.25) is 15.8 Å². The molecular weight excluding hydrogens is 464 g/mol. The lowest BCUT2D eigenvalue weighted by Crippen LogP contribution is -2.30. The van der Waals surface area contributed by atoms with Crippen molar-refractivity contribution in [2.75, 3.05) is 18.4 Å². The van der Waals surface area contributed by atoms with Gasteiger partial charge in [0.15, 0.2) is 5.82 Å². The molecule has 0 atom stereocenters. The van der Waals surface area contributed by atoms with Gasteiger partial charge in [0.25, 0.3) is 5.56 Å². The number of hydrogen-bond donors (Lipinski definition) is 1. The minimum atomic E-state index is -3.71. The van der Waals surface area contributed by atoms with E-state index in [1.54, 1.807) is 36.6 Å². The molecule has 0 aliphatic rings. The summed E-state index contributed by atoms with van der Waals surface area (Å²) in [5.74, 6) is 1.05. The fourth-order valence-corrected chi connectivity index (χ4v) is 5.87. The van der Waals surface area contributed by atoms with Crippen molar-refractivity contribution in [1.29, 1.82) is 0 Å². The first-order chi connectivity index (χ1) is 15.8. The number of nitrogens with zero attached hydrogens (tertiary/aromatic N) is 5. The molecule has 4 aromatic rings. The van der Waals surface area contributed by atoms with Crippen LogP contribution in [0, 0.1) is 0 Å². The Bertz CT molecular complexity index is 1490. The lowest BCUT2D eigenvalue weighted by molar-refractivity contribution is 0.445. The summed E-state index contributed by atoms with van der Waals surface area (Å²) in [7, 11) is -3.71. The van der Waals surface area contributed by atoms with E-state index in [0.717, 1.165) is 0 Å². The number of halogens is 1. The highest BCUT2D eigenvalue weighted by atomic mass is 35.5. The second-order valence-corrected chi connectivity index (χ2v) is 9.72. The topological polar surface area (TPSA) is 102 Å². The maximum Gasteiger partial charge on any atom is 0.262 e. The van der Waals surface area contributed by atoms with Crippen molar-refractivity contribution in [2.45, 2.75) is 38.8 Å². The molecular formula is C22H25ClN6O3S. The predicted molar refractivity (Wildman–Crippen MR) is 129 cm³/mol. The van der Waals surface area contributed by atoms with Crippen LogP contribution in [0.1, 0.15) is 26.6 Å². The first kappa shape index (κ1) is 23.2. The van der Waals surface area contributed by atoms with Gasteiger partial charge in [-0.15, -0.1) is 10.2 Å². The predicted octanol–water partition coefficient (Wildman–Crippen LogP) is 3.36. The van der Waals surface area contributed by atoms with Crippen LogP contribution in [0.25, 0.3) is 16.7 Å². The number of aryl methyl sites for hydroxylation is 1. The number of sulfonamides is 1. The van der Waals surface area contributed by atoms with E-state index in [-0.39, 0.29) is 22.0 Å². The molecule has 0 radical (unpaired) electrons. The highest BCUT2D eigenvalue weighted by Gasteiger charge is 2.25. The van der Waals surface area contributed by atoms with Crippen LogP contribution in [-0.4, -0.2) is 45.0 Å². The Balaban J connectivity index is 1.73. The van der Waals surface area contributed by atoms with Gasteiger partial charge in [-0.3, -0.25) is 13.8 Å². The van der Waals surface area contributed by atoms with Gasteiger partial charge in [-0.25, -0.2) is 8.42 Å². The fourth-order valence-electron chi connectivity index (χ4n) is 3.91. The number of rotatable bonds is 8. The molecule has 0 amide bonds. The van der Waals surface area contributed by atoms with Gasteiger partial charge in [-0.05, 0) is 37.3 Å². The van der Waals surface area contributed by atoms with E-state index in [4.69, 9.17) is 11.6 Å². The number of aromatic nitrogens is 4. The third-order valence-corrected chi connectivity index (χ3v) is 8.13. The molecule has 2 aromatic heterocycles. The first-order valence-electron chi connectivity index (χ1n) is 10.7. The average Bonchev–Trinajstić information content (AvgIpc) is 3.23. The Morgan fingerprint density at radius 1 is 1.06 bits per heavy atom. The van der Waals surface area contributed by atoms with Crippen LogP contribution in [0.3, 0.4) is 0 Å². The van der Waals surface area contributed by atoms with Gasteiger partial charge >= 0.3 is 0 Å². The number of benzene rings is 2. The Hall–Kier alpha value is -2.95. The van der Waals surface area contributed by atoms with Crippen molar-refractivity contribution in [2.24, 2.45) is 0 Å². The van der Waals surface area contributed by atoms with E-state index < -0.39 is 10.0 Å². The summed E-state index contributed by atoms with van der Waals surface area (Å²) < 4.78 is 30.7. The highest BCUT2D eigenvalue weighted by Crippen LogP contribution is 2.28. The van der Waals surface area contributed by atoms with Crippen molar-refractivity contribution in [3.63, 3.8) is 0 Å². The summed E-state index contributed by atoms with van der Waals surface area (Å²) >= 11 is 6.24. The smallest absolute Gasteiger partial charge is 0.262 e. The number of para-hydroxylation sites is 1. The molecule has 9 nitrogen and oxygen atoms in total. The lowest BCUT2D eigenvalue weighted by Gasteiger charge is -2.20.